The highest BCUT2D eigenvalue weighted by molar-refractivity contribution is 7.71. The standard InChI is InChI=1S/C26H36N4O3S/c1-12(2)33-23(32)17-13(3)28-22-19(21(27)29-24(34)30-22)18(17)14-10-15(25(4,5)6)20(31)16(11-14)26(7,8)9/h10-12,18,31H,1-9H3,(H4,27,28,29,30,34). The molecule has 1 aliphatic rings. The van der Waals surface area contributed by atoms with E-state index in [1.807, 2.05) is 32.9 Å². The van der Waals surface area contributed by atoms with Gasteiger partial charge < -0.3 is 25.9 Å². The van der Waals surface area contributed by atoms with Crippen molar-refractivity contribution in [2.75, 3.05) is 11.1 Å². The Morgan fingerprint density at radius 2 is 1.68 bits per heavy atom. The molecule has 184 valence electrons. The van der Waals surface area contributed by atoms with Crippen molar-refractivity contribution in [2.24, 2.45) is 0 Å². The number of phenolic OH excluding ortho intramolecular Hbond substituents is 1. The summed E-state index contributed by atoms with van der Waals surface area (Å²) in [6, 6.07) is 3.92. The lowest BCUT2D eigenvalue weighted by molar-refractivity contribution is -0.142. The van der Waals surface area contributed by atoms with E-state index in [-0.39, 0.29) is 27.5 Å². The molecule has 2 heterocycles. The SMILES string of the molecule is CC1=C(C(=O)OC(C)C)C(c2cc(C(C)(C)C)c(O)c(C(C)(C)C)c2)c2c(nc(=S)[nH]c2N)N1. The molecule has 8 heteroatoms. The topological polar surface area (TPSA) is 113 Å². The molecule has 1 unspecified atom stereocenters. The Bertz CT molecular complexity index is 1200. The molecule has 0 bridgehead atoms. The number of nitrogen functional groups attached to an aromatic ring is 1. The number of nitrogens with two attached hydrogens (primary N) is 1. The number of hydrogen-bond donors (Lipinski definition) is 4. The van der Waals surface area contributed by atoms with Crippen molar-refractivity contribution in [3.8, 4) is 5.75 Å². The molecule has 0 fully saturated rings. The van der Waals surface area contributed by atoms with Crippen molar-refractivity contribution in [3.05, 3.63) is 50.4 Å². The van der Waals surface area contributed by atoms with Gasteiger partial charge in [0.15, 0.2) is 4.77 Å². The summed E-state index contributed by atoms with van der Waals surface area (Å²) in [4.78, 5) is 20.7. The summed E-state index contributed by atoms with van der Waals surface area (Å²) in [6.45, 7) is 17.8. The third-order valence-corrected chi connectivity index (χ3v) is 6.13. The molecular formula is C26H36N4O3S. The van der Waals surface area contributed by atoms with Crippen LogP contribution in [0, 0.1) is 4.77 Å². The lowest BCUT2D eigenvalue weighted by Crippen LogP contribution is -2.28. The Morgan fingerprint density at radius 3 is 2.15 bits per heavy atom. The summed E-state index contributed by atoms with van der Waals surface area (Å²) in [7, 11) is 0. The van der Waals surface area contributed by atoms with Gasteiger partial charge in [0.1, 0.15) is 17.4 Å². The zero-order chi connectivity index (χ0) is 25.7. The molecule has 0 spiro atoms. The van der Waals surface area contributed by atoms with Crippen LogP contribution in [0.2, 0.25) is 0 Å². The number of aromatic hydroxyl groups is 1. The minimum atomic E-state index is -0.565. The second-order valence-corrected chi connectivity index (χ2v) is 11.6. The predicted molar refractivity (Wildman–Crippen MR) is 139 cm³/mol. The molecule has 0 saturated heterocycles. The number of phenols is 1. The van der Waals surface area contributed by atoms with Crippen molar-refractivity contribution < 1.29 is 14.6 Å². The predicted octanol–water partition coefficient (Wildman–Crippen LogP) is 5.80. The van der Waals surface area contributed by atoms with Crippen molar-refractivity contribution in [2.45, 2.75) is 85.2 Å². The van der Waals surface area contributed by atoms with Gasteiger partial charge in [0.05, 0.1) is 17.6 Å². The van der Waals surface area contributed by atoms with E-state index in [2.05, 4.69) is 56.8 Å². The number of carbonyl (C=O) groups excluding carboxylic acids is 1. The van der Waals surface area contributed by atoms with Gasteiger partial charge in [0.25, 0.3) is 0 Å². The highest BCUT2D eigenvalue weighted by Gasteiger charge is 2.38. The normalized spacial score (nSPS) is 16.4. The Balaban J connectivity index is 2.43. The minimum absolute atomic E-state index is 0.250. The Hall–Kier alpha value is -2.87. The minimum Gasteiger partial charge on any atom is -0.507 e. The molecule has 0 amide bonds. The van der Waals surface area contributed by atoms with Gasteiger partial charge in [-0.1, -0.05) is 53.7 Å². The third-order valence-electron chi connectivity index (χ3n) is 5.93. The van der Waals surface area contributed by atoms with Gasteiger partial charge >= 0.3 is 5.97 Å². The van der Waals surface area contributed by atoms with Crippen LogP contribution >= 0.6 is 12.2 Å². The first-order chi connectivity index (χ1) is 15.5. The van der Waals surface area contributed by atoms with Gasteiger partial charge in [-0.25, -0.2) is 9.78 Å². The first-order valence-electron chi connectivity index (χ1n) is 11.5. The van der Waals surface area contributed by atoms with E-state index in [9.17, 15) is 9.90 Å². The van der Waals surface area contributed by atoms with Gasteiger partial charge in [-0.2, -0.15) is 0 Å². The van der Waals surface area contributed by atoms with Crippen LogP contribution in [0.4, 0.5) is 11.6 Å². The van der Waals surface area contributed by atoms with Crippen LogP contribution in [0.5, 0.6) is 5.75 Å². The number of ether oxygens (including phenoxy) is 1. The number of hydrogen-bond acceptors (Lipinski definition) is 7. The molecule has 0 saturated carbocycles. The average molecular weight is 485 g/mol. The van der Waals surface area contributed by atoms with Gasteiger partial charge in [-0.15, -0.1) is 0 Å². The Kier molecular flexibility index (Phi) is 6.61. The van der Waals surface area contributed by atoms with E-state index in [4.69, 9.17) is 22.7 Å². The number of allylic oxidation sites excluding steroid dienone is 1. The fraction of sp³-hybridized carbons (Fsp3) is 0.500. The van der Waals surface area contributed by atoms with E-state index in [0.29, 0.717) is 28.5 Å². The summed E-state index contributed by atoms with van der Waals surface area (Å²) < 4.78 is 5.88. The lowest BCUT2D eigenvalue weighted by atomic mass is 9.74. The zero-order valence-corrected chi connectivity index (χ0v) is 22.3. The number of benzene rings is 1. The molecule has 1 aromatic carbocycles. The maximum Gasteiger partial charge on any atom is 0.337 e. The van der Waals surface area contributed by atoms with E-state index < -0.39 is 11.9 Å². The van der Waals surface area contributed by atoms with Crippen LogP contribution < -0.4 is 11.1 Å². The van der Waals surface area contributed by atoms with Gasteiger partial charge in [-0.05, 0) is 60.5 Å². The van der Waals surface area contributed by atoms with Crippen LogP contribution in [0.25, 0.3) is 0 Å². The maximum atomic E-state index is 13.4. The first kappa shape index (κ1) is 25.7. The zero-order valence-electron chi connectivity index (χ0n) is 21.5. The molecule has 1 aromatic heterocycles. The summed E-state index contributed by atoms with van der Waals surface area (Å²) >= 11 is 5.25. The number of aromatic nitrogens is 2. The number of esters is 1. The Labute approximate surface area is 206 Å². The van der Waals surface area contributed by atoms with Crippen LogP contribution in [-0.2, 0) is 20.4 Å². The molecule has 1 aliphatic heterocycles. The molecule has 0 radical (unpaired) electrons. The molecule has 34 heavy (non-hydrogen) atoms. The maximum absolute atomic E-state index is 13.4. The summed E-state index contributed by atoms with van der Waals surface area (Å²) in [5.41, 5.74) is 9.86. The smallest absolute Gasteiger partial charge is 0.337 e. The van der Waals surface area contributed by atoms with Gasteiger partial charge in [0.2, 0.25) is 0 Å². The van der Waals surface area contributed by atoms with E-state index >= 15 is 0 Å². The molecule has 1 atom stereocenters. The molecule has 0 aliphatic carbocycles. The van der Waals surface area contributed by atoms with Crippen LogP contribution in [-0.4, -0.2) is 27.1 Å². The second kappa shape index (κ2) is 8.73. The summed E-state index contributed by atoms with van der Waals surface area (Å²) in [5, 5.41) is 14.4. The van der Waals surface area contributed by atoms with Gasteiger partial charge in [-0.3, -0.25) is 0 Å². The van der Waals surface area contributed by atoms with Crippen molar-refractivity contribution in [1.82, 2.24) is 9.97 Å². The van der Waals surface area contributed by atoms with E-state index in [0.717, 1.165) is 16.7 Å². The molecular weight excluding hydrogens is 448 g/mol. The number of rotatable bonds is 3. The number of fused-ring (bicyclic) bond motifs is 1. The third kappa shape index (κ3) is 4.82. The Morgan fingerprint density at radius 1 is 1.15 bits per heavy atom. The number of carbonyl (C=O) groups is 1. The average Bonchev–Trinajstić information content (AvgIpc) is 2.64. The summed E-state index contributed by atoms with van der Waals surface area (Å²) in [6.07, 6.45) is -0.290. The molecule has 2 aromatic rings. The fourth-order valence-corrected chi connectivity index (χ4v) is 4.54. The second-order valence-electron chi connectivity index (χ2n) is 11.2. The number of nitrogens with one attached hydrogen (secondary N) is 2. The number of aromatic amines is 1. The van der Waals surface area contributed by atoms with Crippen molar-refractivity contribution >= 4 is 29.8 Å². The van der Waals surface area contributed by atoms with Crippen LogP contribution in [0.1, 0.15) is 90.5 Å². The molecule has 7 nitrogen and oxygen atoms in total. The highest BCUT2D eigenvalue weighted by atomic mass is 32.1. The largest absolute Gasteiger partial charge is 0.507 e. The number of nitrogens with zero attached hydrogens (tertiary/aromatic N) is 1. The van der Waals surface area contributed by atoms with Gasteiger partial charge in [0, 0.05) is 11.3 Å². The van der Waals surface area contributed by atoms with Crippen LogP contribution in [0.3, 0.4) is 0 Å². The lowest BCUT2D eigenvalue weighted by Gasteiger charge is -2.33. The highest BCUT2D eigenvalue weighted by Crippen LogP contribution is 2.47. The monoisotopic (exact) mass is 484 g/mol. The number of anilines is 2. The van der Waals surface area contributed by atoms with E-state index in [1.54, 1.807) is 0 Å². The van der Waals surface area contributed by atoms with Crippen molar-refractivity contribution in [1.29, 1.82) is 0 Å². The van der Waals surface area contributed by atoms with Crippen molar-refractivity contribution in [3.63, 3.8) is 0 Å². The van der Waals surface area contributed by atoms with E-state index in [1.165, 1.54) is 0 Å². The quantitative estimate of drug-likeness (QED) is 0.321. The first-order valence-corrected chi connectivity index (χ1v) is 11.9. The summed E-state index contributed by atoms with van der Waals surface area (Å²) in [5.74, 6) is 0.110. The van der Waals surface area contributed by atoms with Crippen LogP contribution in [0.15, 0.2) is 23.4 Å². The number of H-pyrrole nitrogens is 1. The molecule has 5 N–H and O–H groups in total. The fourth-order valence-electron chi connectivity index (χ4n) is 4.34. The molecule has 3 rings (SSSR count).